The number of nitrogens with zero attached hydrogens (tertiary/aromatic N) is 2. The summed E-state index contributed by atoms with van der Waals surface area (Å²) in [5, 5.41) is 2.80. The van der Waals surface area contributed by atoms with E-state index in [4.69, 9.17) is 11.5 Å². The van der Waals surface area contributed by atoms with Gasteiger partial charge in [-0.25, -0.2) is 4.98 Å². The molecule has 0 saturated carbocycles. The van der Waals surface area contributed by atoms with Gasteiger partial charge in [0.25, 0.3) is 0 Å². The van der Waals surface area contributed by atoms with Gasteiger partial charge in [0.1, 0.15) is 5.01 Å². The summed E-state index contributed by atoms with van der Waals surface area (Å²) in [6.07, 6.45) is 2.18. The number of amides is 1. The topological polar surface area (TPSA) is 85.2 Å². The van der Waals surface area contributed by atoms with E-state index in [2.05, 4.69) is 4.98 Å². The molecule has 0 spiro atoms. The number of carbonyl (C=O) groups excluding carboxylic acids is 1. The summed E-state index contributed by atoms with van der Waals surface area (Å²) in [6.45, 7) is 1.99. The molecule has 0 aromatic carbocycles. The third-order valence-electron chi connectivity index (χ3n) is 3.00. The van der Waals surface area contributed by atoms with Gasteiger partial charge in [0.05, 0.1) is 12.1 Å². The second-order valence-electron chi connectivity index (χ2n) is 4.33. The van der Waals surface area contributed by atoms with E-state index in [1.165, 1.54) is 11.3 Å². The molecule has 1 aliphatic rings. The molecule has 2 rings (SSSR count). The number of hydrogen-bond donors (Lipinski definition) is 2. The van der Waals surface area contributed by atoms with Gasteiger partial charge in [0, 0.05) is 31.1 Å². The molecule has 1 aromatic rings. The van der Waals surface area contributed by atoms with Crippen molar-refractivity contribution in [2.75, 3.05) is 13.1 Å². The average Bonchev–Trinajstić information content (AvgIpc) is 2.77. The van der Waals surface area contributed by atoms with Crippen molar-refractivity contribution in [3.8, 4) is 0 Å². The lowest BCUT2D eigenvalue weighted by atomic mass is 10.1. The Balaban J connectivity index is 1.88. The maximum absolute atomic E-state index is 12.0. The standard InChI is InChI=1S/C11H18N4OS/c12-6-10-14-9(7-17-10)5-11(16)15-3-1-8(13)2-4-15/h7-8H,1-6,12-13H2. The van der Waals surface area contributed by atoms with E-state index in [1.54, 1.807) is 0 Å². The van der Waals surface area contributed by atoms with Crippen LogP contribution in [0.2, 0.25) is 0 Å². The summed E-state index contributed by atoms with van der Waals surface area (Å²) in [7, 11) is 0. The van der Waals surface area contributed by atoms with Crippen LogP contribution in [-0.2, 0) is 17.8 Å². The van der Waals surface area contributed by atoms with Gasteiger partial charge < -0.3 is 16.4 Å². The molecule has 6 heteroatoms. The maximum Gasteiger partial charge on any atom is 0.228 e. The molecule has 1 saturated heterocycles. The Labute approximate surface area is 105 Å². The fourth-order valence-electron chi connectivity index (χ4n) is 1.94. The fourth-order valence-corrected chi connectivity index (χ4v) is 2.61. The highest BCUT2D eigenvalue weighted by Crippen LogP contribution is 2.13. The van der Waals surface area contributed by atoms with Crippen molar-refractivity contribution in [2.24, 2.45) is 11.5 Å². The van der Waals surface area contributed by atoms with E-state index >= 15 is 0 Å². The summed E-state index contributed by atoms with van der Waals surface area (Å²) < 4.78 is 0. The van der Waals surface area contributed by atoms with Crippen LogP contribution in [0.4, 0.5) is 0 Å². The van der Waals surface area contributed by atoms with E-state index < -0.39 is 0 Å². The first-order valence-corrected chi connectivity index (χ1v) is 6.73. The molecule has 0 radical (unpaired) electrons. The summed E-state index contributed by atoms with van der Waals surface area (Å²) >= 11 is 1.51. The lowest BCUT2D eigenvalue weighted by molar-refractivity contribution is -0.131. The van der Waals surface area contributed by atoms with Crippen molar-refractivity contribution in [1.82, 2.24) is 9.88 Å². The van der Waals surface area contributed by atoms with Crippen LogP contribution in [-0.4, -0.2) is 34.9 Å². The van der Waals surface area contributed by atoms with E-state index in [9.17, 15) is 4.79 Å². The van der Waals surface area contributed by atoms with Gasteiger partial charge in [0.2, 0.25) is 5.91 Å². The van der Waals surface area contributed by atoms with Gasteiger partial charge >= 0.3 is 0 Å². The zero-order chi connectivity index (χ0) is 12.3. The Morgan fingerprint density at radius 1 is 1.53 bits per heavy atom. The molecular formula is C11H18N4OS. The normalized spacial score (nSPS) is 17.4. The Morgan fingerprint density at radius 3 is 2.82 bits per heavy atom. The second-order valence-corrected chi connectivity index (χ2v) is 5.27. The van der Waals surface area contributed by atoms with Gasteiger partial charge in [0.15, 0.2) is 0 Å². The molecule has 0 aliphatic carbocycles. The number of nitrogens with two attached hydrogens (primary N) is 2. The Hall–Kier alpha value is -0.980. The highest BCUT2D eigenvalue weighted by Gasteiger charge is 2.21. The van der Waals surface area contributed by atoms with Gasteiger partial charge in [-0.05, 0) is 12.8 Å². The fraction of sp³-hybridized carbons (Fsp3) is 0.636. The number of carbonyl (C=O) groups is 1. The van der Waals surface area contributed by atoms with E-state index in [-0.39, 0.29) is 11.9 Å². The zero-order valence-electron chi connectivity index (χ0n) is 9.76. The Bertz CT molecular complexity index is 385. The van der Waals surface area contributed by atoms with Crippen LogP contribution in [0.3, 0.4) is 0 Å². The van der Waals surface area contributed by atoms with Crippen LogP contribution in [0.5, 0.6) is 0 Å². The number of likely N-dealkylation sites (tertiary alicyclic amines) is 1. The molecule has 2 heterocycles. The predicted molar refractivity (Wildman–Crippen MR) is 67.5 cm³/mol. The van der Waals surface area contributed by atoms with Crippen molar-refractivity contribution in [3.05, 3.63) is 16.1 Å². The maximum atomic E-state index is 12.0. The van der Waals surface area contributed by atoms with Crippen LogP contribution in [0.1, 0.15) is 23.5 Å². The minimum atomic E-state index is 0.144. The molecule has 94 valence electrons. The summed E-state index contributed by atoms with van der Waals surface area (Å²) in [6, 6.07) is 0.252. The molecular weight excluding hydrogens is 236 g/mol. The van der Waals surface area contributed by atoms with Crippen LogP contribution in [0.15, 0.2) is 5.38 Å². The first-order chi connectivity index (χ1) is 8.19. The number of piperidine rings is 1. The quantitative estimate of drug-likeness (QED) is 0.801. The smallest absolute Gasteiger partial charge is 0.228 e. The van der Waals surface area contributed by atoms with Crippen molar-refractivity contribution >= 4 is 17.2 Å². The van der Waals surface area contributed by atoms with E-state index in [0.717, 1.165) is 36.6 Å². The number of hydrogen-bond acceptors (Lipinski definition) is 5. The lowest BCUT2D eigenvalue weighted by Gasteiger charge is -2.30. The minimum Gasteiger partial charge on any atom is -0.342 e. The third kappa shape index (κ3) is 3.24. The van der Waals surface area contributed by atoms with Crippen molar-refractivity contribution in [1.29, 1.82) is 0 Å². The summed E-state index contributed by atoms with van der Waals surface area (Å²) in [5.74, 6) is 0.144. The van der Waals surface area contributed by atoms with Gasteiger partial charge in [-0.1, -0.05) is 0 Å². The first-order valence-electron chi connectivity index (χ1n) is 5.85. The molecule has 1 amide bonds. The zero-order valence-corrected chi connectivity index (χ0v) is 10.6. The van der Waals surface area contributed by atoms with Crippen LogP contribution in [0.25, 0.3) is 0 Å². The Morgan fingerprint density at radius 2 is 2.24 bits per heavy atom. The van der Waals surface area contributed by atoms with Crippen molar-refractivity contribution in [2.45, 2.75) is 31.8 Å². The minimum absolute atomic E-state index is 0.144. The van der Waals surface area contributed by atoms with Gasteiger partial charge in [-0.15, -0.1) is 11.3 Å². The molecule has 0 atom stereocenters. The van der Waals surface area contributed by atoms with Crippen LogP contribution < -0.4 is 11.5 Å². The molecule has 1 aromatic heterocycles. The van der Waals surface area contributed by atoms with Gasteiger partial charge in [-0.2, -0.15) is 0 Å². The molecule has 0 bridgehead atoms. The number of aromatic nitrogens is 1. The van der Waals surface area contributed by atoms with Crippen LogP contribution in [0, 0.1) is 0 Å². The molecule has 0 unspecified atom stereocenters. The molecule has 17 heavy (non-hydrogen) atoms. The SMILES string of the molecule is NCc1nc(CC(=O)N2CCC(N)CC2)cs1. The highest BCUT2D eigenvalue weighted by atomic mass is 32.1. The molecule has 4 N–H and O–H groups in total. The van der Waals surface area contributed by atoms with Crippen molar-refractivity contribution in [3.63, 3.8) is 0 Å². The lowest BCUT2D eigenvalue weighted by Crippen LogP contribution is -2.43. The molecule has 1 fully saturated rings. The number of thiazole rings is 1. The Kier molecular flexibility index (Phi) is 4.09. The first kappa shape index (κ1) is 12.5. The van der Waals surface area contributed by atoms with E-state index in [0.29, 0.717) is 13.0 Å². The predicted octanol–water partition coefficient (Wildman–Crippen LogP) is 0.0940. The summed E-state index contributed by atoms with van der Waals surface area (Å²) in [4.78, 5) is 18.2. The van der Waals surface area contributed by atoms with Gasteiger partial charge in [-0.3, -0.25) is 4.79 Å². The number of rotatable bonds is 3. The van der Waals surface area contributed by atoms with Crippen molar-refractivity contribution < 1.29 is 4.79 Å². The third-order valence-corrected chi connectivity index (χ3v) is 3.92. The molecule has 1 aliphatic heterocycles. The molecule has 5 nitrogen and oxygen atoms in total. The summed E-state index contributed by atoms with van der Waals surface area (Å²) in [5.41, 5.74) is 12.1. The second kappa shape index (κ2) is 5.57. The largest absolute Gasteiger partial charge is 0.342 e. The highest BCUT2D eigenvalue weighted by molar-refractivity contribution is 7.09. The van der Waals surface area contributed by atoms with Crippen LogP contribution >= 0.6 is 11.3 Å². The average molecular weight is 254 g/mol. The van der Waals surface area contributed by atoms with E-state index in [1.807, 2.05) is 10.3 Å². The monoisotopic (exact) mass is 254 g/mol.